The Morgan fingerprint density at radius 2 is 1.55 bits per heavy atom. The molecule has 1 atom stereocenters. The van der Waals surface area contributed by atoms with Crippen molar-refractivity contribution in [2.45, 2.75) is 24.5 Å². The number of sulfonamides is 1. The lowest BCUT2D eigenvalue weighted by atomic mass is 10.2. The molecule has 0 heterocycles. The molecule has 0 saturated heterocycles. The summed E-state index contributed by atoms with van der Waals surface area (Å²) >= 11 is 0. The fraction of sp³-hybridized carbons (Fsp3) is 0.250. The summed E-state index contributed by atoms with van der Waals surface area (Å²) in [5, 5.41) is 1.94. The third-order valence-corrected chi connectivity index (χ3v) is 5.55. The van der Waals surface area contributed by atoms with E-state index in [0.29, 0.717) is 5.75 Å². The molecule has 2 aromatic rings. The number of amides is 2. The number of methoxy groups -OCH3 is 1. The van der Waals surface area contributed by atoms with E-state index in [2.05, 4.69) is 9.46 Å². The van der Waals surface area contributed by atoms with Crippen molar-refractivity contribution in [3.8, 4) is 11.5 Å². The van der Waals surface area contributed by atoms with Gasteiger partial charge in [-0.2, -0.15) is 13.5 Å². The highest BCUT2D eigenvalue weighted by atomic mass is 32.2. The third kappa shape index (κ3) is 7.80. The van der Waals surface area contributed by atoms with Gasteiger partial charge < -0.3 is 14.2 Å². The molecule has 0 aliphatic rings. The zero-order chi connectivity index (χ0) is 24.6. The molecule has 0 spiro atoms. The Bertz CT molecular complexity index is 1090. The normalized spacial score (nSPS) is 12.0. The Morgan fingerprint density at radius 3 is 2.09 bits per heavy atom. The lowest BCUT2D eigenvalue weighted by Crippen LogP contribution is -2.41. The van der Waals surface area contributed by atoms with Crippen LogP contribution in [0.2, 0.25) is 0 Å². The molecule has 2 rings (SSSR count). The van der Waals surface area contributed by atoms with Gasteiger partial charge in [-0.05, 0) is 55.5 Å². The van der Waals surface area contributed by atoms with E-state index < -0.39 is 47.1 Å². The molecule has 2 aromatic carbocycles. The highest BCUT2D eigenvalue weighted by Gasteiger charge is 2.24. The van der Waals surface area contributed by atoms with Gasteiger partial charge in [-0.25, -0.2) is 8.42 Å². The maximum absolute atomic E-state index is 12.3. The van der Waals surface area contributed by atoms with Crippen LogP contribution in [0.25, 0.3) is 0 Å². The Balaban J connectivity index is 1.84. The molecule has 0 saturated carbocycles. The van der Waals surface area contributed by atoms with Crippen LogP contribution in [0.3, 0.4) is 0 Å². The molecular formula is C20H20F2N2O8S. The highest BCUT2D eigenvalue weighted by molar-refractivity contribution is 7.89. The van der Waals surface area contributed by atoms with Crippen LogP contribution in [-0.2, 0) is 24.3 Å². The van der Waals surface area contributed by atoms with E-state index in [1.807, 2.05) is 5.32 Å². The summed E-state index contributed by atoms with van der Waals surface area (Å²) in [6.07, 6.45) is 0. The maximum Gasteiger partial charge on any atom is 0.387 e. The number of halogens is 2. The van der Waals surface area contributed by atoms with Crippen LogP contribution in [0.1, 0.15) is 17.3 Å². The first-order valence-corrected chi connectivity index (χ1v) is 10.7. The second-order valence-electron chi connectivity index (χ2n) is 6.41. The third-order valence-electron chi connectivity index (χ3n) is 4.00. The summed E-state index contributed by atoms with van der Waals surface area (Å²) in [5.41, 5.74) is -0.0306. The van der Waals surface area contributed by atoms with Crippen LogP contribution >= 0.6 is 0 Å². The number of hydrogen-bond acceptors (Lipinski definition) is 8. The van der Waals surface area contributed by atoms with Gasteiger partial charge in [0.15, 0.2) is 6.61 Å². The topological polar surface area (TPSA) is 137 Å². The van der Waals surface area contributed by atoms with Crippen molar-refractivity contribution in [2.75, 3.05) is 13.7 Å². The van der Waals surface area contributed by atoms with Crippen LogP contribution in [0.15, 0.2) is 53.4 Å². The van der Waals surface area contributed by atoms with Gasteiger partial charge in [-0.15, -0.1) is 0 Å². The Kier molecular flexibility index (Phi) is 8.82. The molecule has 2 amide bonds. The average molecular weight is 486 g/mol. The molecule has 13 heteroatoms. The monoisotopic (exact) mass is 486 g/mol. The number of carbonyl (C=O) groups excluding carboxylic acids is 3. The number of hydrogen-bond donors (Lipinski definition) is 2. The van der Waals surface area contributed by atoms with E-state index in [0.717, 1.165) is 24.3 Å². The van der Waals surface area contributed by atoms with Crippen LogP contribution in [0, 0.1) is 0 Å². The number of ether oxygens (including phenoxy) is 3. The molecule has 0 aromatic heterocycles. The second-order valence-corrected chi connectivity index (χ2v) is 8.12. The molecule has 10 nitrogen and oxygen atoms in total. The molecule has 0 aliphatic heterocycles. The predicted molar refractivity (Wildman–Crippen MR) is 109 cm³/mol. The van der Waals surface area contributed by atoms with Gasteiger partial charge in [0.05, 0.1) is 12.0 Å². The van der Waals surface area contributed by atoms with Crippen LogP contribution in [0.4, 0.5) is 8.78 Å². The quantitative estimate of drug-likeness (QED) is 0.482. The van der Waals surface area contributed by atoms with Gasteiger partial charge in [0.1, 0.15) is 17.5 Å². The number of imide groups is 1. The number of benzene rings is 2. The summed E-state index contributed by atoms with van der Waals surface area (Å²) in [5.74, 6) is -2.63. The molecule has 0 aliphatic carbocycles. The van der Waals surface area contributed by atoms with Crippen molar-refractivity contribution in [3.63, 3.8) is 0 Å². The van der Waals surface area contributed by atoms with Crippen molar-refractivity contribution < 1.29 is 45.8 Å². The number of esters is 1. The predicted octanol–water partition coefficient (Wildman–Crippen LogP) is 1.46. The number of carbonyl (C=O) groups is 3. The minimum atomic E-state index is -4.05. The Morgan fingerprint density at radius 1 is 0.970 bits per heavy atom. The van der Waals surface area contributed by atoms with Gasteiger partial charge in [-0.1, -0.05) is 0 Å². The summed E-state index contributed by atoms with van der Waals surface area (Å²) in [7, 11) is -2.63. The largest absolute Gasteiger partial charge is 0.497 e. The summed E-state index contributed by atoms with van der Waals surface area (Å²) in [4.78, 5) is 35.8. The van der Waals surface area contributed by atoms with Gasteiger partial charge in [0.25, 0.3) is 11.8 Å². The number of rotatable bonds is 10. The fourth-order valence-electron chi connectivity index (χ4n) is 2.39. The fourth-order valence-corrected chi connectivity index (χ4v) is 3.58. The van der Waals surface area contributed by atoms with Gasteiger partial charge >= 0.3 is 12.6 Å². The summed E-state index contributed by atoms with van der Waals surface area (Å²) < 4.78 is 64.9. The van der Waals surface area contributed by atoms with Gasteiger partial charge in [0.2, 0.25) is 10.0 Å². The van der Waals surface area contributed by atoms with E-state index in [4.69, 9.17) is 9.47 Å². The molecule has 178 valence electrons. The second kappa shape index (κ2) is 11.3. The van der Waals surface area contributed by atoms with Crippen LogP contribution < -0.4 is 19.5 Å². The molecule has 2 N–H and O–H groups in total. The van der Waals surface area contributed by atoms with Gasteiger partial charge in [0, 0.05) is 5.56 Å². The van der Waals surface area contributed by atoms with E-state index >= 15 is 0 Å². The minimum absolute atomic E-state index is 0.0306. The van der Waals surface area contributed by atoms with Crippen molar-refractivity contribution in [2.24, 2.45) is 0 Å². The molecular weight excluding hydrogens is 466 g/mol. The van der Waals surface area contributed by atoms with Crippen LogP contribution in [-0.4, -0.2) is 52.6 Å². The number of nitrogens with one attached hydrogen (secondary N) is 2. The van der Waals surface area contributed by atoms with Crippen molar-refractivity contribution in [1.29, 1.82) is 0 Å². The SMILES string of the molecule is COc1ccc(S(=O)(=O)NC(C)C(=O)OCC(=O)NC(=O)c2ccc(OC(F)F)cc2)cc1. The smallest absolute Gasteiger partial charge is 0.387 e. The maximum atomic E-state index is 12.3. The van der Waals surface area contributed by atoms with Crippen molar-refractivity contribution in [1.82, 2.24) is 10.0 Å². The molecule has 1 unspecified atom stereocenters. The Hall–Kier alpha value is -3.58. The minimum Gasteiger partial charge on any atom is -0.497 e. The average Bonchev–Trinajstić information content (AvgIpc) is 2.77. The first-order valence-electron chi connectivity index (χ1n) is 9.24. The first kappa shape index (κ1) is 25.7. The van der Waals surface area contributed by atoms with E-state index in [1.165, 1.54) is 38.3 Å². The van der Waals surface area contributed by atoms with Gasteiger partial charge in [-0.3, -0.25) is 19.7 Å². The number of alkyl halides is 2. The molecule has 0 bridgehead atoms. The zero-order valence-corrected chi connectivity index (χ0v) is 18.2. The molecule has 33 heavy (non-hydrogen) atoms. The van der Waals surface area contributed by atoms with Crippen LogP contribution in [0.5, 0.6) is 11.5 Å². The zero-order valence-electron chi connectivity index (χ0n) is 17.4. The standard InChI is InChI=1S/C20H20F2N2O8S/c1-12(24-33(28,29)16-9-7-14(30-2)8-10-16)19(27)31-11-17(25)23-18(26)13-3-5-15(6-4-13)32-20(21)22/h3-10,12,20,24H,11H2,1-2H3,(H,23,25,26). The lowest BCUT2D eigenvalue weighted by Gasteiger charge is -2.14. The first-order chi connectivity index (χ1) is 15.5. The van der Waals surface area contributed by atoms with E-state index in [-0.39, 0.29) is 16.2 Å². The summed E-state index contributed by atoms with van der Waals surface area (Å²) in [6, 6.07) is 8.63. The van der Waals surface area contributed by atoms with Crippen molar-refractivity contribution in [3.05, 3.63) is 54.1 Å². The lowest BCUT2D eigenvalue weighted by molar-refractivity contribution is -0.149. The van der Waals surface area contributed by atoms with E-state index in [9.17, 15) is 31.6 Å². The summed E-state index contributed by atoms with van der Waals surface area (Å²) in [6.45, 7) is -2.66. The van der Waals surface area contributed by atoms with Crippen molar-refractivity contribution >= 4 is 27.8 Å². The van der Waals surface area contributed by atoms with E-state index in [1.54, 1.807) is 0 Å². The Labute approximate surface area is 187 Å². The molecule has 0 radical (unpaired) electrons. The highest BCUT2D eigenvalue weighted by Crippen LogP contribution is 2.16. The molecule has 0 fully saturated rings.